The lowest BCUT2D eigenvalue weighted by molar-refractivity contribution is 0.417. The van der Waals surface area contributed by atoms with Gasteiger partial charge in [-0.3, -0.25) is 4.68 Å². The second-order valence-corrected chi connectivity index (χ2v) is 5.45. The molecule has 2 heterocycles. The van der Waals surface area contributed by atoms with Crippen molar-refractivity contribution in [1.82, 2.24) is 14.8 Å². The highest BCUT2D eigenvalue weighted by Crippen LogP contribution is 2.33. The van der Waals surface area contributed by atoms with Crippen LogP contribution in [-0.4, -0.2) is 21.9 Å². The highest BCUT2D eigenvalue weighted by molar-refractivity contribution is 5.89. The van der Waals surface area contributed by atoms with Crippen LogP contribution in [0, 0.1) is 5.82 Å². The number of fused-ring (bicyclic) bond motifs is 2. The topological polar surface area (TPSA) is 39.9 Å². The fourth-order valence-corrected chi connectivity index (χ4v) is 2.79. The van der Waals surface area contributed by atoms with E-state index in [1.165, 1.54) is 12.1 Å². The minimum atomic E-state index is -0.295. The number of hydrogen-bond donors (Lipinski definition) is 0. The van der Waals surface area contributed by atoms with Crippen molar-refractivity contribution in [1.29, 1.82) is 0 Å². The van der Waals surface area contributed by atoms with E-state index in [9.17, 15) is 4.39 Å². The Morgan fingerprint density at radius 2 is 1.83 bits per heavy atom. The third kappa shape index (κ3) is 2.30. The summed E-state index contributed by atoms with van der Waals surface area (Å²) in [5, 5.41) is 6.29. The van der Waals surface area contributed by atoms with Crippen LogP contribution in [0.25, 0.3) is 33.1 Å². The predicted molar refractivity (Wildman–Crippen MR) is 88.0 cm³/mol. The van der Waals surface area contributed by atoms with Crippen molar-refractivity contribution >= 4 is 21.8 Å². The number of hydrogen-bond acceptors (Lipinski definition) is 3. The fourth-order valence-electron chi connectivity index (χ4n) is 2.79. The molecule has 4 aromatic rings. The molecule has 0 aliphatic carbocycles. The molecule has 23 heavy (non-hydrogen) atoms. The Morgan fingerprint density at radius 1 is 1.00 bits per heavy atom. The van der Waals surface area contributed by atoms with E-state index in [-0.39, 0.29) is 5.82 Å². The zero-order chi connectivity index (χ0) is 16.0. The van der Waals surface area contributed by atoms with E-state index in [1.807, 2.05) is 37.5 Å². The molecule has 0 amide bonds. The smallest absolute Gasteiger partial charge is 0.130 e. The molecule has 0 atom stereocenters. The maximum Gasteiger partial charge on any atom is 0.130 e. The van der Waals surface area contributed by atoms with Crippen LogP contribution in [-0.2, 0) is 7.05 Å². The van der Waals surface area contributed by atoms with Crippen LogP contribution in [0.2, 0.25) is 0 Å². The number of pyridine rings is 1. The van der Waals surface area contributed by atoms with Crippen LogP contribution in [0.1, 0.15) is 0 Å². The average Bonchev–Trinajstić information content (AvgIpc) is 2.91. The zero-order valence-electron chi connectivity index (χ0n) is 12.7. The first-order valence-electron chi connectivity index (χ1n) is 7.22. The summed E-state index contributed by atoms with van der Waals surface area (Å²) in [6.45, 7) is 0. The number of aromatic nitrogens is 3. The van der Waals surface area contributed by atoms with Gasteiger partial charge in [0.2, 0.25) is 0 Å². The lowest BCUT2D eigenvalue weighted by Gasteiger charge is -2.09. The lowest BCUT2D eigenvalue weighted by Crippen LogP contribution is -1.91. The Balaban J connectivity index is 1.96. The Bertz CT molecular complexity index is 1040. The molecule has 0 unspecified atom stereocenters. The summed E-state index contributed by atoms with van der Waals surface area (Å²) in [6, 6.07) is 12.3. The highest BCUT2D eigenvalue weighted by Gasteiger charge is 2.12. The molecule has 0 N–H and O–H groups in total. The molecule has 5 heteroatoms. The van der Waals surface area contributed by atoms with E-state index >= 15 is 0 Å². The maximum absolute atomic E-state index is 13.5. The van der Waals surface area contributed by atoms with Crippen LogP contribution < -0.4 is 4.74 Å². The van der Waals surface area contributed by atoms with Gasteiger partial charge in [-0.25, -0.2) is 9.37 Å². The summed E-state index contributed by atoms with van der Waals surface area (Å²) < 4.78 is 20.7. The van der Waals surface area contributed by atoms with Gasteiger partial charge in [-0.15, -0.1) is 0 Å². The van der Waals surface area contributed by atoms with Gasteiger partial charge in [-0.1, -0.05) is 6.07 Å². The van der Waals surface area contributed by atoms with E-state index in [0.717, 1.165) is 27.5 Å². The van der Waals surface area contributed by atoms with E-state index in [2.05, 4.69) is 10.1 Å². The second kappa shape index (κ2) is 5.05. The normalized spacial score (nSPS) is 11.3. The number of halogens is 1. The maximum atomic E-state index is 13.5. The van der Waals surface area contributed by atoms with Crippen LogP contribution in [0.15, 0.2) is 48.7 Å². The van der Waals surface area contributed by atoms with Gasteiger partial charge in [-0.05, 0) is 24.3 Å². The molecule has 4 rings (SSSR count). The van der Waals surface area contributed by atoms with E-state index in [4.69, 9.17) is 4.74 Å². The minimum absolute atomic E-state index is 0.295. The summed E-state index contributed by atoms with van der Waals surface area (Å²) >= 11 is 0. The predicted octanol–water partition coefficient (Wildman–Crippen LogP) is 3.94. The monoisotopic (exact) mass is 307 g/mol. The third-order valence-electron chi connectivity index (χ3n) is 3.87. The summed E-state index contributed by atoms with van der Waals surface area (Å²) in [7, 11) is 3.50. The van der Waals surface area contributed by atoms with Crippen molar-refractivity contribution in [2.45, 2.75) is 0 Å². The van der Waals surface area contributed by atoms with E-state index in [1.54, 1.807) is 17.9 Å². The molecule has 0 saturated carbocycles. The zero-order valence-corrected chi connectivity index (χ0v) is 12.7. The Morgan fingerprint density at radius 3 is 2.65 bits per heavy atom. The number of rotatable bonds is 2. The largest absolute Gasteiger partial charge is 0.496 e. The fraction of sp³-hybridized carbons (Fsp3) is 0.111. The molecule has 0 fully saturated rings. The Labute approximate surface area is 132 Å². The first-order valence-corrected chi connectivity index (χ1v) is 7.22. The molecule has 2 aromatic heterocycles. The standard InChI is InChI=1S/C18H14FN3O/c1-22-10-12-7-14(18(23-2)9-17(12)21-22)15-6-4-11-3-5-13(19)8-16(11)20-15/h3-10H,1-2H3. The van der Waals surface area contributed by atoms with E-state index < -0.39 is 0 Å². The van der Waals surface area contributed by atoms with Gasteiger partial charge in [0.05, 0.1) is 23.8 Å². The molecule has 0 aliphatic rings. The second-order valence-electron chi connectivity index (χ2n) is 5.45. The first-order chi connectivity index (χ1) is 11.1. The lowest BCUT2D eigenvalue weighted by atomic mass is 10.1. The SMILES string of the molecule is COc1cc2nn(C)cc2cc1-c1ccc2ccc(F)cc2n1. The quantitative estimate of drug-likeness (QED) is 0.563. The van der Waals surface area contributed by atoms with Gasteiger partial charge in [0, 0.05) is 41.7 Å². The molecular formula is C18H14FN3O. The van der Waals surface area contributed by atoms with Gasteiger partial charge >= 0.3 is 0 Å². The molecular weight excluding hydrogens is 293 g/mol. The molecule has 114 valence electrons. The van der Waals surface area contributed by atoms with Crippen molar-refractivity contribution in [3.05, 3.63) is 54.5 Å². The number of benzene rings is 2. The highest BCUT2D eigenvalue weighted by atomic mass is 19.1. The van der Waals surface area contributed by atoms with Crippen molar-refractivity contribution in [2.24, 2.45) is 7.05 Å². The Kier molecular flexibility index (Phi) is 3.01. The molecule has 4 nitrogen and oxygen atoms in total. The number of aryl methyl sites for hydroxylation is 1. The molecule has 0 spiro atoms. The van der Waals surface area contributed by atoms with Gasteiger partial charge in [0.1, 0.15) is 11.6 Å². The molecule has 0 saturated heterocycles. The Hall–Kier alpha value is -2.95. The van der Waals surface area contributed by atoms with E-state index in [0.29, 0.717) is 11.3 Å². The average molecular weight is 307 g/mol. The van der Waals surface area contributed by atoms with Gasteiger partial charge < -0.3 is 4.74 Å². The van der Waals surface area contributed by atoms with Gasteiger partial charge in [0.25, 0.3) is 0 Å². The van der Waals surface area contributed by atoms with Crippen molar-refractivity contribution < 1.29 is 9.13 Å². The minimum Gasteiger partial charge on any atom is -0.496 e. The molecule has 0 aliphatic heterocycles. The third-order valence-corrected chi connectivity index (χ3v) is 3.87. The molecule has 0 bridgehead atoms. The van der Waals surface area contributed by atoms with Crippen molar-refractivity contribution in [3.8, 4) is 17.0 Å². The molecule has 0 radical (unpaired) electrons. The number of nitrogens with zero attached hydrogens (tertiary/aromatic N) is 3. The first kappa shape index (κ1) is 13.7. The summed E-state index contributed by atoms with van der Waals surface area (Å²) in [4.78, 5) is 4.58. The van der Waals surface area contributed by atoms with Gasteiger partial charge in [0.15, 0.2) is 0 Å². The van der Waals surface area contributed by atoms with Crippen LogP contribution >= 0.6 is 0 Å². The summed E-state index contributed by atoms with van der Waals surface area (Å²) in [5.74, 6) is 0.399. The number of ether oxygens (including phenoxy) is 1. The van der Waals surface area contributed by atoms with Crippen LogP contribution in [0.3, 0.4) is 0 Å². The summed E-state index contributed by atoms with van der Waals surface area (Å²) in [6.07, 6.45) is 1.94. The van der Waals surface area contributed by atoms with Crippen molar-refractivity contribution in [2.75, 3.05) is 7.11 Å². The summed E-state index contributed by atoms with van der Waals surface area (Å²) in [5.41, 5.74) is 3.08. The number of methoxy groups -OCH3 is 1. The van der Waals surface area contributed by atoms with Crippen molar-refractivity contribution in [3.63, 3.8) is 0 Å². The van der Waals surface area contributed by atoms with Crippen LogP contribution in [0.4, 0.5) is 4.39 Å². The van der Waals surface area contributed by atoms with Crippen LogP contribution in [0.5, 0.6) is 5.75 Å². The van der Waals surface area contributed by atoms with Gasteiger partial charge in [-0.2, -0.15) is 5.10 Å². The molecule has 2 aromatic carbocycles.